The van der Waals surface area contributed by atoms with Gasteiger partial charge in [-0.2, -0.15) is 4.98 Å². The summed E-state index contributed by atoms with van der Waals surface area (Å²) in [5.74, 6) is -1.15. The van der Waals surface area contributed by atoms with Crippen molar-refractivity contribution in [2.75, 3.05) is 37.7 Å². The summed E-state index contributed by atoms with van der Waals surface area (Å²) in [7, 11) is 0. The fraction of sp³-hybridized carbons (Fsp3) is 0.292. The Morgan fingerprint density at radius 1 is 1.00 bits per heavy atom. The van der Waals surface area contributed by atoms with E-state index in [1.807, 2.05) is 23.1 Å². The summed E-state index contributed by atoms with van der Waals surface area (Å²) in [6.07, 6.45) is 0.510. The molecule has 3 aromatic rings. The van der Waals surface area contributed by atoms with Crippen LogP contribution in [0.4, 0.5) is 14.7 Å². The Balaban J connectivity index is 1.50. The largest absolute Gasteiger partial charge is 0.435 e. The molecule has 0 atom stereocenters. The lowest BCUT2D eigenvalue weighted by molar-refractivity contribution is 0.0731. The van der Waals surface area contributed by atoms with E-state index >= 15 is 0 Å². The first-order chi connectivity index (χ1) is 16.1. The molecule has 0 saturated carbocycles. The van der Waals surface area contributed by atoms with Gasteiger partial charge in [-0.15, -0.1) is 0 Å². The summed E-state index contributed by atoms with van der Waals surface area (Å²) >= 11 is 0. The predicted octanol–water partition coefficient (Wildman–Crippen LogP) is 3.58. The molecule has 2 aliphatic rings. The van der Waals surface area contributed by atoms with Crippen LogP contribution in [-0.4, -0.2) is 53.6 Å². The quantitative estimate of drug-likeness (QED) is 0.603. The Morgan fingerprint density at radius 2 is 1.79 bits per heavy atom. The number of hydrogen-bond donors (Lipinski definition) is 0. The molecule has 0 radical (unpaired) electrons. The normalized spacial score (nSPS) is 15.8. The molecule has 7 nitrogen and oxygen atoms in total. The molecule has 33 heavy (non-hydrogen) atoms. The number of hydrogen-bond acceptors (Lipinski definition) is 6. The molecule has 170 valence electrons. The van der Waals surface area contributed by atoms with E-state index in [0.717, 1.165) is 17.8 Å². The zero-order valence-electron chi connectivity index (χ0n) is 17.8. The number of anilines is 1. The molecule has 1 fully saturated rings. The van der Waals surface area contributed by atoms with Crippen LogP contribution in [0.15, 0.2) is 48.5 Å². The van der Waals surface area contributed by atoms with Gasteiger partial charge in [0.1, 0.15) is 5.82 Å². The van der Waals surface area contributed by atoms with Crippen LogP contribution >= 0.6 is 0 Å². The van der Waals surface area contributed by atoms with Crippen molar-refractivity contribution in [3.8, 4) is 11.6 Å². The third-order valence-electron chi connectivity index (χ3n) is 5.71. The maximum Gasteiger partial charge on any atom is 0.254 e. The fourth-order valence-corrected chi connectivity index (χ4v) is 3.96. The van der Waals surface area contributed by atoms with Gasteiger partial charge in [0.2, 0.25) is 11.8 Å². The zero-order chi connectivity index (χ0) is 22.8. The van der Waals surface area contributed by atoms with Crippen LogP contribution in [0.3, 0.4) is 0 Å². The van der Waals surface area contributed by atoms with Crippen molar-refractivity contribution >= 4 is 11.9 Å². The van der Waals surface area contributed by atoms with E-state index in [0.29, 0.717) is 56.3 Å². The van der Waals surface area contributed by atoms with Crippen molar-refractivity contribution in [2.24, 2.45) is 0 Å². The van der Waals surface area contributed by atoms with Crippen LogP contribution in [-0.2, 0) is 17.7 Å². The fourth-order valence-electron chi connectivity index (χ4n) is 3.96. The Hall–Kier alpha value is -3.59. The van der Waals surface area contributed by atoms with Crippen molar-refractivity contribution < 1.29 is 23.0 Å². The Labute approximate surface area is 189 Å². The molecule has 0 unspecified atom stereocenters. The minimum Gasteiger partial charge on any atom is -0.435 e. The van der Waals surface area contributed by atoms with Crippen LogP contribution in [0.25, 0.3) is 0 Å². The van der Waals surface area contributed by atoms with Gasteiger partial charge in [0.25, 0.3) is 5.91 Å². The van der Waals surface area contributed by atoms with Crippen LogP contribution in [0.1, 0.15) is 21.6 Å². The third-order valence-corrected chi connectivity index (χ3v) is 5.71. The molecule has 0 bridgehead atoms. The van der Waals surface area contributed by atoms with Crippen LogP contribution in [0.2, 0.25) is 0 Å². The Bertz CT molecular complexity index is 1170. The average molecular weight is 452 g/mol. The second kappa shape index (κ2) is 9.11. The maximum atomic E-state index is 14.3. The number of aromatic nitrogens is 2. The summed E-state index contributed by atoms with van der Waals surface area (Å²) in [5, 5.41) is 0. The van der Waals surface area contributed by atoms with E-state index in [1.54, 1.807) is 17.0 Å². The molecular formula is C24H22F2N4O3. The number of morpholine rings is 1. The number of amides is 1. The molecule has 2 aliphatic heterocycles. The highest BCUT2D eigenvalue weighted by Crippen LogP contribution is 2.33. The lowest BCUT2D eigenvalue weighted by Gasteiger charge is -2.32. The molecule has 3 heterocycles. The lowest BCUT2D eigenvalue weighted by Crippen LogP contribution is -2.39. The van der Waals surface area contributed by atoms with Gasteiger partial charge < -0.3 is 19.3 Å². The van der Waals surface area contributed by atoms with Crippen molar-refractivity contribution in [2.45, 2.75) is 13.0 Å². The number of benzene rings is 2. The van der Waals surface area contributed by atoms with Gasteiger partial charge in [-0.1, -0.05) is 18.2 Å². The van der Waals surface area contributed by atoms with Crippen LogP contribution < -0.4 is 9.64 Å². The molecule has 1 saturated heterocycles. The first-order valence-corrected chi connectivity index (χ1v) is 10.8. The van der Waals surface area contributed by atoms with Crippen molar-refractivity contribution in [1.29, 1.82) is 0 Å². The number of ether oxygens (including phenoxy) is 2. The van der Waals surface area contributed by atoms with Crippen molar-refractivity contribution in [3.05, 3.63) is 77.0 Å². The molecule has 0 spiro atoms. The van der Waals surface area contributed by atoms with E-state index in [1.165, 1.54) is 6.07 Å². The number of fused-ring (bicyclic) bond motifs is 1. The molecular weight excluding hydrogens is 430 g/mol. The van der Waals surface area contributed by atoms with E-state index in [2.05, 4.69) is 4.98 Å². The van der Waals surface area contributed by atoms with Crippen molar-refractivity contribution in [3.63, 3.8) is 0 Å². The maximum absolute atomic E-state index is 14.3. The van der Waals surface area contributed by atoms with Gasteiger partial charge in [-0.3, -0.25) is 4.79 Å². The number of carbonyl (C=O) groups excluding carboxylic acids is 1. The molecule has 1 aromatic heterocycles. The van der Waals surface area contributed by atoms with Gasteiger partial charge >= 0.3 is 0 Å². The van der Waals surface area contributed by atoms with E-state index in [-0.39, 0.29) is 24.1 Å². The van der Waals surface area contributed by atoms with Gasteiger partial charge in [0.15, 0.2) is 11.6 Å². The van der Waals surface area contributed by atoms with Crippen LogP contribution in [0.5, 0.6) is 11.6 Å². The third kappa shape index (κ3) is 4.49. The van der Waals surface area contributed by atoms with Gasteiger partial charge in [0.05, 0.1) is 31.0 Å². The first-order valence-electron chi connectivity index (χ1n) is 10.8. The van der Waals surface area contributed by atoms with Gasteiger partial charge in [-0.05, 0) is 24.3 Å². The molecule has 0 aliphatic carbocycles. The minimum atomic E-state index is -0.830. The monoisotopic (exact) mass is 452 g/mol. The minimum absolute atomic E-state index is 0.114. The second-order valence-electron chi connectivity index (χ2n) is 7.87. The van der Waals surface area contributed by atoms with Crippen molar-refractivity contribution in [1.82, 2.24) is 14.9 Å². The zero-order valence-corrected chi connectivity index (χ0v) is 17.8. The summed E-state index contributed by atoms with van der Waals surface area (Å²) in [6.45, 7) is 3.09. The smallest absolute Gasteiger partial charge is 0.254 e. The van der Waals surface area contributed by atoms with Gasteiger partial charge in [0, 0.05) is 37.7 Å². The van der Waals surface area contributed by atoms with E-state index < -0.39 is 11.6 Å². The SMILES string of the molecule is O=C(c1ccccc1)N1CCc2nc(N3CCOCC3)nc(Oc3ccc(F)cc3F)c2C1. The molecule has 5 rings (SSSR count). The number of rotatable bonds is 4. The number of nitrogens with zero attached hydrogens (tertiary/aromatic N) is 4. The standard InChI is InChI=1S/C24H22F2N4O3/c25-17-6-7-21(19(26)14-17)33-22-18-15-30(23(31)16-4-2-1-3-5-16)9-8-20(18)27-24(28-22)29-10-12-32-13-11-29/h1-7,14H,8-13,15H2. The van der Waals surface area contributed by atoms with E-state index in [9.17, 15) is 13.6 Å². The number of carbonyl (C=O) groups is 1. The summed E-state index contributed by atoms with van der Waals surface area (Å²) in [6, 6.07) is 12.1. The van der Waals surface area contributed by atoms with E-state index in [4.69, 9.17) is 14.5 Å². The summed E-state index contributed by atoms with van der Waals surface area (Å²) in [5.41, 5.74) is 1.95. The Morgan fingerprint density at radius 3 is 2.55 bits per heavy atom. The highest BCUT2D eigenvalue weighted by molar-refractivity contribution is 5.94. The highest BCUT2D eigenvalue weighted by atomic mass is 19.1. The second-order valence-corrected chi connectivity index (χ2v) is 7.87. The highest BCUT2D eigenvalue weighted by Gasteiger charge is 2.29. The number of halogens is 2. The molecule has 9 heteroatoms. The summed E-state index contributed by atoms with van der Waals surface area (Å²) in [4.78, 5) is 26.0. The predicted molar refractivity (Wildman–Crippen MR) is 116 cm³/mol. The topological polar surface area (TPSA) is 67.8 Å². The molecule has 1 amide bonds. The Kier molecular flexibility index (Phi) is 5.87. The molecule has 0 N–H and O–H groups in total. The molecule has 2 aromatic carbocycles. The van der Waals surface area contributed by atoms with Gasteiger partial charge in [-0.25, -0.2) is 13.8 Å². The first kappa shape index (κ1) is 21.3. The lowest BCUT2D eigenvalue weighted by atomic mass is 10.1. The van der Waals surface area contributed by atoms with Crippen LogP contribution in [0, 0.1) is 11.6 Å². The summed E-state index contributed by atoms with van der Waals surface area (Å²) < 4.78 is 39.0. The average Bonchev–Trinajstić information content (AvgIpc) is 2.86.